The second-order valence-corrected chi connectivity index (χ2v) is 8.27. The summed E-state index contributed by atoms with van der Waals surface area (Å²) in [5, 5.41) is 20.1. The molecular weight excluding hydrogens is 450 g/mol. The molecule has 3 heterocycles. The molecule has 2 aromatic carbocycles. The summed E-state index contributed by atoms with van der Waals surface area (Å²) in [7, 11) is 0. The van der Waals surface area contributed by atoms with Gasteiger partial charge in [0.1, 0.15) is 13.1 Å². The van der Waals surface area contributed by atoms with Gasteiger partial charge in [0.25, 0.3) is 11.8 Å². The molecule has 0 fully saturated rings. The maximum absolute atomic E-state index is 13.6. The van der Waals surface area contributed by atoms with Gasteiger partial charge < -0.3 is 19.3 Å². The number of carbonyl (C=O) groups is 4. The second-order valence-electron chi connectivity index (χ2n) is 8.27. The lowest BCUT2D eigenvalue weighted by molar-refractivity contribution is -0.147. The number of carbonyl (C=O) groups excluding carboxylic acids is 2. The minimum atomic E-state index is -1.31. The molecule has 0 saturated heterocycles. The molecule has 0 radical (unpaired) electrons. The van der Waals surface area contributed by atoms with E-state index in [1.54, 1.807) is 36.7 Å². The van der Waals surface area contributed by atoms with Gasteiger partial charge in [-0.15, -0.1) is 0 Å². The molecule has 2 amide bonds. The first kappa shape index (κ1) is 22.1. The zero-order valence-corrected chi connectivity index (χ0v) is 18.8. The van der Waals surface area contributed by atoms with Gasteiger partial charge in [-0.3, -0.25) is 24.1 Å². The summed E-state index contributed by atoms with van der Waals surface area (Å²) in [5.41, 5.74) is 2.55. The third kappa shape index (κ3) is 3.48. The molecule has 2 N–H and O–H groups in total. The molecule has 1 aliphatic rings. The van der Waals surface area contributed by atoms with Crippen LogP contribution in [0.5, 0.6) is 0 Å². The van der Waals surface area contributed by atoms with Crippen LogP contribution >= 0.6 is 0 Å². The Labute approximate surface area is 199 Å². The van der Waals surface area contributed by atoms with E-state index in [0.29, 0.717) is 28.6 Å². The predicted molar refractivity (Wildman–Crippen MR) is 128 cm³/mol. The maximum Gasteiger partial charge on any atom is 0.323 e. The largest absolute Gasteiger partial charge is 0.480 e. The number of carboxylic acids is 2. The van der Waals surface area contributed by atoms with Crippen LogP contribution in [0.3, 0.4) is 0 Å². The van der Waals surface area contributed by atoms with Crippen LogP contribution in [0.4, 0.5) is 0 Å². The first-order valence-corrected chi connectivity index (χ1v) is 11.0. The third-order valence-corrected chi connectivity index (χ3v) is 6.22. The quantitative estimate of drug-likeness (QED) is 0.400. The van der Waals surface area contributed by atoms with Crippen molar-refractivity contribution in [1.82, 2.24) is 14.0 Å². The number of rotatable bonds is 7. The van der Waals surface area contributed by atoms with Crippen LogP contribution in [0.1, 0.15) is 18.1 Å². The topological polar surface area (TPSA) is 122 Å². The lowest BCUT2D eigenvalue weighted by Gasteiger charge is -2.11. The highest BCUT2D eigenvalue weighted by molar-refractivity contribution is 6.51. The second kappa shape index (κ2) is 8.28. The van der Waals surface area contributed by atoms with Gasteiger partial charge in [-0.05, 0) is 19.1 Å². The number of para-hydroxylation sites is 2. The Balaban J connectivity index is 1.84. The van der Waals surface area contributed by atoms with Crippen LogP contribution < -0.4 is 0 Å². The smallest absolute Gasteiger partial charge is 0.323 e. The summed E-state index contributed by atoms with van der Waals surface area (Å²) < 4.78 is 3.46. The summed E-state index contributed by atoms with van der Waals surface area (Å²) >= 11 is 0. The van der Waals surface area contributed by atoms with E-state index in [1.807, 2.05) is 35.8 Å². The Morgan fingerprint density at radius 1 is 0.714 bits per heavy atom. The van der Waals surface area contributed by atoms with Crippen molar-refractivity contribution >= 4 is 56.7 Å². The zero-order valence-electron chi connectivity index (χ0n) is 18.8. The number of benzene rings is 2. The van der Waals surface area contributed by atoms with Gasteiger partial charge >= 0.3 is 11.9 Å². The number of hydrogen-bond donors (Lipinski definition) is 2. The van der Waals surface area contributed by atoms with E-state index < -0.39 is 30.3 Å². The number of amides is 2. The van der Waals surface area contributed by atoms with Crippen molar-refractivity contribution < 1.29 is 29.4 Å². The summed E-state index contributed by atoms with van der Waals surface area (Å²) in [6, 6.07) is 14.5. The monoisotopic (exact) mass is 471 g/mol. The molecule has 0 unspecified atom stereocenters. The SMILES string of the molecule is CCn1cc(C2=C(c3cn(CC(=O)O)c4ccccc34)C(=O)N(CC(=O)O)C2=O)c2ccccc21. The Morgan fingerprint density at radius 3 is 1.66 bits per heavy atom. The molecule has 0 aliphatic carbocycles. The van der Waals surface area contributed by atoms with Gasteiger partial charge in [-0.1, -0.05) is 36.4 Å². The van der Waals surface area contributed by atoms with Crippen molar-refractivity contribution in [2.24, 2.45) is 0 Å². The Hall–Kier alpha value is -4.66. The van der Waals surface area contributed by atoms with Gasteiger partial charge in [0.15, 0.2) is 0 Å². The van der Waals surface area contributed by atoms with Gasteiger partial charge in [-0.2, -0.15) is 0 Å². The van der Waals surface area contributed by atoms with Gasteiger partial charge in [0.2, 0.25) is 0 Å². The van der Waals surface area contributed by atoms with Crippen molar-refractivity contribution in [3.63, 3.8) is 0 Å². The number of fused-ring (bicyclic) bond motifs is 2. The molecule has 9 heteroatoms. The average molecular weight is 471 g/mol. The van der Waals surface area contributed by atoms with Gasteiger partial charge in [0.05, 0.1) is 11.1 Å². The van der Waals surface area contributed by atoms with Gasteiger partial charge in [-0.25, -0.2) is 0 Å². The van der Waals surface area contributed by atoms with Crippen LogP contribution in [0.2, 0.25) is 0 Å². The number of carboxylic acid groups (broad SMARTS) is 2. The minimum Gasteiger partial charge on any atom is -0.480 e. The highest BCUT2D eigenvalue weighted by atomic mass is 16.4. The molecule has 0 atom stereocenters. The molecule has 4 aromatic rings. The molecule has 0 spiro atoms. The highest BCUT2D eigenvalue weighted by Crippen LogP contribution is 2.41. The zero-order chi connectivity index (χ0) is 24.9. The van der Waals surface area contributed by atoms with Crippen LogP contribution in [0.15, 0.2) is 60.9 Å². The van der Waals surface area contributed by atoms with Crippen LogP contribution in [-0.2, 0) is 32.3 Å². The van der Waals surface area contributed by atoms with Crippen LogP contribution in [-0.4, -0.2) is 54.5 Å². The van der Waals surface area contributed by atoms with E-state index in [1.165, 1.54) is 4.57 Å². The fourth-order valence-corrected chi connectivity index (χ4v) is 4.78. The van der Waals surface area contributed by atoms with E-state index in [-0.39, 0.29) is 17.7 Å². The molecule has 176 valence electrons. The van der Waals surface area contributed by atoms with Crippen LogP contribution in [0, 0.1) is 0 Å². The number of aromatic nitrogens is 2. The minimum absolute atomic E-state index is 0.0654. The maximum atomic E-state index is 13.6. The Morgan fingerprint density at radius 2 is 1.17 bits per heavy atom. The van der Waals surface area contributed by atoms with Crippen molar-refractivity contribution in [1.29, 1.82) is 0 Å². The molecule has 0 saturated carbocycles. The van der Waals surface area contributed by atoms with Crippen LogP contribution in [0.25, 0.3) is 33.0 Å². The van der Waals surface area contributed by atoms with Crippen molar-refractivity contribution in [3.8, 4) is 0 Å². The van der Waals surface area contributed by atoms with Crippen molar-refractivity contribution in [2.75, 3.05) is 6.54 Å². The molecular formula is C26H21N3O6. The fraction of sp³-hybridized carbons (Fsp3) is 0.154. The summed E-state index contributed by atoms with van der Waals surface area (Å²) in [6.45, 7) is 1.48. The molecule has 0 bridgehead atoms. The number of aryl methyl sites for hydroxylation is 1. The summed E-state index contributed by atoms with van der Waals surface area (Å²) in [5.74, 6) is -3.78. The van der Waals surface area contributed by atoms with E-state index in [0.717, 1.165) is 15.8 Å². The van der Waals surface area contributed by atoms with E-state index in [9.17, 15) is 29.4 Å². The molecule has 9 nitrogen and oxygen atoms in total. The Kier molecular flexibility index (Phi) is 5.24. The molecule has 2 aromatic heterocycles. The predicted octanol–water partition coefficient (Wildman–Crippen LogP) is 3.06. The number of nitrogens with zero attached hydrogens (tertiary/aromatic N) is 3. The third-order valence-electron chi connectivity index (χ3n) is 6.22. The molecule has 1 aliphatic heterocycles. The highest BCUT2D eigenvalue weighted by Gasteiger charge is 2.42. The van der Waals surface area contributed by atoms with Crippen molar-refractivity contribution in [2.45, 2.75) is 20.0 Å². The van der Waals surface area contributed by atoms with E-state index in [2.05, 4.69) is 0 Å². The number of hydrogen-bond acceptors (Lipinski definition) is 4. The Bertz CT molecular complexity index is 1590. The fourth-order valence-electron chi connectivity index (χ4n) is 4.78. The lowest BCUT2D eigenvalue weighted by atomic mass is 9.95. The standard InChI is InChI=1S/C26H21N3O6/c1-2-27-11-17(15-7-3-5-9-19(15)27)23-24(26(35)29(25(23)34)14-22(32)33)18-12-28(13-21(30)31)20-10-6-4-8-16(18)20/h3-12H,2,13-14H2,1H3,(H,30,31)(H,32,33). The molecule has 5 rings (SSSR count). The summed E-state index contributed by atoms with van der Waals surface area (Å²) in [4.78, 5) is 50.8. The lowest BCUT2D eigenvalue weighted by Crippen LogP contribution is -2.36. The van der Waals surface area contributed by atoms with E-state index in [4.69, 9.17) is 0 Å². The van der Waals surface area contributed by atoms with E-state index >= 15 is 0 Å². The normalized spacial score (nSPS) is 14.0. The first-order chi connectivity index (χ1) is 16.8. The van der Waals surface area contributed by atoms with Crippen molar-refractivity contribution in [3.05, 3.63) is 72.1 Å². The summed E-state index contributed by atoms with van der Waals surface area (Å²) in [6.07, 6.45) is 3.34. The average Bonchev–Trinajstić information content (AvgIpc) is 3.45. The number of imide groups is 1. The molecule has 35 heavy (non-hydrogen) atoms. The number of aliphatic carboxylic acids is 2. The first-order valence-electron chi connectivity index (χ1n) is 11.0. The van der Waals surface area contributed by atoms with Gasteiger partial charge in [0, 0.05) is 51.9 Å².